The van der Waals surface area contributed by atoms with Crippen molar-refractivity contribution in [2.75, 3.05) is 19.9 Å². The van der Waals surface area contributed by atoms with Gasteiger partial charge in [0, 0.05) is 10.8 Å². The van der Waals surface area contributed by atoms with E-state index in [0.717, 1.165) is 15.9 Å². The maximum absolute atomic E-state index is 16.5. The van der Waals surface area contributed by atoms with Gasteiger partial charge in [-0.15, -0.1) is 0 Å². The first kappa shape index (κ1) is 29.1. The molecule has 1 aliphatic heterocycles. The first-order valence-corrected chi connectivity index (χ1v) is 18.2. The van der Waals surface area contributed by atoms with E-state index in [1.807, 2.05) is 32.5 Å². The van der Waals surface area contributed by atoms with E-state index in [9.17, 15) is 19.9 Å². The maximum atomic E-state index is 16.5. The molecule has 0 radical (unpaired) electrons. The quantitative estimate of drug-likeness (QED) is 0.445. The first-order chi connectivity index (χ1) is 19.6. The Morgan fingerprint density at radius 3 is 2.64 bits per heavy atom. The van der Waals surface area contributed by atoms with Gasteiger partial charge in [0.05, 0.1) is 43.6 Å². The lowest BCUT2D eigenvalue weighted by atomic mass is 9.45. The Hall–Kier alpha value is -1.59. The third-order valence-electron chi connectivity index (χ3n) is 11.2. The molecular weight excluding hydrogens is 580 g/mol. The average molecular weight is 621 g/mol. The molecule has 1 saturated heterocycles. The molecule has 5 aliphatic rings. The van der Waals surface area contributed by atoms with Crippen LogP contribution in [-0.2, 0) is 20.7 Å². The van der Waals surface area contributed by atoms with Gasteiger partial charge < -0.3 is 19.7 Å². The number of carbonyl (C=O) groups excluding carboxylic acids is 1. The smallest absolute Gasteiger partial charge is 0.214 e. The monoisotopic (exact) mass is 620 g/mol. The molecule has 228 valence electrons. The molecule has 9 atom stereocenters. The Balaban J connectivity index is 1.27. The Labute approximate surface area is 249 Å². The van der Waals surface area contributed by atoms with Crippen LogP contribution >= 0.6 is 18.8 Å². The summed E-state index contributed by atoms with van der Waals surface area (Å²) in [5, 5.41) is 27.3. The molecule has 12 heteroatoms. The molecule has 4 fully saturated rings. The fraction of sp³-hybridized carbons (Fsp3) is 0.700. The molecule has 42 heavy (non-hydrogen) atoms. The molecule has 0 amide bonds. The summed E-state index contributed by atoms with van der Waals surface area (Å²) in [5.41, 5.74) is -0.430. The summed E-state index contributed by atoms with van der Waals surface area (Å²) in [6, 6.07) is 0. The Morgan fingerprint density at radius 1 is 1.24 bits per heavy atom. The number of aromatic nitrogens is 3. The average Bonchev–Trinajstić information content (AvgIpc) is 3.63. The highest BCUT2D eigenvalue weighted by Crippen LogP contribution is 2.71. The van der Waals surface area contributed by atoms with Crippen LogP contribution < -0.4 is 4.62 Å². The Morgan fingerprint density at radius 2 is 1.98 bits per heavy atom. The number of aliphatic hydroxyl groups is 2. The van der Waals surface area contributed by atoms with Crippen LogP contribution in [0.5, 0.6) is 0 Å². The number of hydrogen-bond acceptors (Lipinski definition) is 9. The number of halogens is 1. The van der Waals surface area contributed by atoms with E-state index in [4.69, 9.17) is 9.47 Å². The predicted molar refractivity (Wildman–Crippen MR) is 158 cm³/mol. The van der Waals surface area contributed by atoms with Gasteiger partial charge in [-0.25, -0.2) is 18.9 Å². The zero-order chi connectivity index (χ0) is 30.2. The molecular formula is C30H40FN3O6PS+. The van der Waals surface area contributed by atoms with Gasteiger partial charge in [0.1, 0.15) is 12.8 Å². The lowest BCUT2D eigenvalue weighted by Gasteiger charge is -2.61. The second kappa shape index (κ2) is 8.99. The van der Waals surface area contributed by atoms with Crippen LogP contribution in [0.1, 0.15) is 58.2 Å². The van der Waals surface area contributed by atoms with Crippen LogP contribution in [0.3, 0.4) is 0 Å². The number of aliphatic hydroxyl groups excluding tert-OH is 2. The van der Waals surface area contributed by atoms with E-state index in [2.05, 4.69) is 17.0 Å². The summed E-state index contributed by atoms with van der Waals surface area (Å²) in [5.74, 6) is -1.99. The molecule has 3 N–H and O–H groups in total. The Kier molecular flexibility index (Phi) is 6.24. The van der Waals surface area contributed by atoms with Gasteiger partial charge in [0.15, 0.2) is 29.3 Å². The van der Waals surface area contributed by atoms with Crippen LogP contribution in [0.4, 0.5) is 4.39 Å². The van der Waals surface area contributed by atoms with Crippen LogP contribution in [0.2, 0.25) is 0 Å². The first-order valence-electron chi connectivity index (χ1n) is 14.7. The number of Topliss-reactive ketones (excluding diaryl/α,β-unsaturated/α-hetero) is 1. The number of nitrogens with zero attached hydrogens (tertiary/aromatic N) is 3. The van der Waals surface area contributed by atoms with E-state index in [0.29, 0.717) is 30.0 Å². The van der Waals surface area contributed by atoms with Gasteiger partial charge in [-0.05, 0) is 74.5 Å². The van der Waals surface area contributed by atoms with Crippen molar-refractivity contribution in [2.24, 2.45) is 28.6 Å². The van der Waals surface area contributed by atoms with E-state index in [-0.39, 0.29) is 24.2 Å². The second-order valence-electron chi connectivity index (χ2n) is 14.4. The fourth-order valence-electron chi connectivity index (χ4n) is 9.67. The lowest BCUT2D eigenvalue weighted by Crippen LogP contribution is -2.65. The molecule has 0 aromatic carbocycles. The number of rotatable bonds is 4. The summed E-state index contributed by atoms with van der Waals surface area (Å²) >= 11 is 1.40. The van der Waals surface area contributed by atoms with Gasteiger partial charge in [0.2, 0.25) is 5.13 Å². The molecule has 7 rings (SSSR count). The standard InChI is InChI=1S/C30H40FN3O6PS/c1-27(2)39-23-9-17-16-7-19(31)18-8-20-15(12-33-34(20)26-32-13-24(42-26)41(5,6)38)10-28(18,3)25(16)21(36)11-29(17,4)30(23,40-27)22(37)14-35/h8,12-13,16-17,19,21,23,25,35-36,38H,7,9-11,14H2,1-6H3/q+1/t16-,17-,19-,21-,23+,25+,28-,29-,30+/m0/s1. The highest BCUT2D eigenvalue weighted by atomic mass is 32.1. The lowest BCUT2D eigenvalue weighted by molar-refractivity contribution is -0.228. The maximum Gasteiger partial charge on any atom is 0.214 e. The summed E-state index contributed by atoms with van der Waals surface area (Å²) in [4.78, 5) is 28.5. The van der Waals surface area contributed by atoms with Gasteiger partial charge in [-0.3, -0.25) is 4.79 Å². The number of hydrogen-bond donors (Lipinski definition) is 3. The summed E-state index contributed by atoms with van der Waals surface area (Å²) in [7, 11) is -2.23. The third-order valence-corrected chi connectivity index (χ3v) is 14.7. The molecule has 2 aromatic heterocycles. The van der Waals surface area contributed by atoms with Crippen molar-refractivity contribution in [1.29, 1.82) is 0 Å². The normalized spacial score (nSPS) is 41.8. The fourth-order valence-corrected chi connectivity index (χ4v) is 11.8. The number of alkyl halides is 1. The van der Waals surface area contributed by atoms with Crippen LogP contribution in [-0.4, -0.2) is 85.4 Å². The number of ketones is 1. The van der Waals surface area contributed by atoms with E-state index in [1.165, 1.54) is 11.3 Å². The largest absolute Gasteiger partial charge is 0.393 e. The SMILES string of the molecule is CC1(C)O[C@@H]2C[C@H]3[C@@H]4C[C@H](F)C5=Cc6c(cnn6-c6ncc([P+](C)(C)O)s6)C[C@]5(C)[C@H]4[C@@H](O)C[C@]3(C)[C@]2(C(=O)CO)O1. The van der Waals surface area contributed by atoms with E-state index >= 15 is 4.39 Å². The molecule has 2 aromatic rings. The van der Waals surface area contributed by atoms with E-state index < -0.39 is 60.5 Å². The van der Waals surface area contributed by atoms with Crippen molar-refractivity contribution in [1.82, 2.24) is 14.8 Å². The van der Waals surface area contributed by atoms with E-state index in [1.54, 1.807) is 24.7 Å². The summed E-state index contributed by atoms with van der Waals surface area (Å²) in [6.45, 7) is 10.5. The van der Waals surface area contributed by atoms with Gasteiger partial charge >= 0.3 is 0 Å². The van der Waals surface area contributed by atoms with Crippen molar-refractivity contribution in [3.05, 3.63) is 29.2 Å². The predicted octanol–water partition coefficient (Wildman–Crippen LogP) is 3.30. The molecule has 9 nitrogen and oxygen atoms in total. The minimum atomic E-state index is -2.23. The number of thiazole rings is 1. The molecule has 0 spiro atoms. The highest BCUT2D eigenvalue weighted by molar-refractivity contribution is 7.81. The minimum Gasteiger partial charge on any atom is -0.393 e. The van der Waals surface area contributed by atoms with Crippen molar-refractivity contribution in [3.8, 4) is 5.13 Å². The van der Waals surface area contributed by atoms with Crippen molar-refractivity contribution in [3.63, 3.8) is 0 Å². The number of ether oxygens (including phenoxy) is 2. The van der Waals surface area contributed by atoms with Crippen LogP contribution in [0.25, 0.3) is 11.2 Å². The zero-order valence-corrected chi connectivity index (χ0v) is 26.6. The number of carbonyl (C=O) groups is 1. The van der Waals surface area contributed by atoms with Crippen molar-refractivity contribution in [2.45, 2.75) is 83.1 Å². The number of fused-ring (bicyclic) bond motifs is 8. The second-order valence-corrected chi connectivity index (χ2v) is 19.0. The number of allylic oxidation sites excluding steroid dienone is 1. The third kappa shape index (κ3) is 3.71. The molecule has 0 bridgehead atoms. The van der Waals surface area contributed by atoms with Crippen molar-refractivity contribution < 1.29 is 33.8 Å². The van der Waals surface area contributed by atoms with Gasteiger partial charge in [-0.2, -0.15) is 5.10 Å². The topological polar surface area (TPSA) is 127 Å². The van der Waals surface area contributed by atoms with Crippen LogP contribution in [0, 0.1) is 28.6 Å². The summed E-state index contributed by atoms with van der Waals surface area (Å²) in [6.07, 6.45) is 4.37. The van der Waals surface area contributed by atoms with Gasteiger partial charge in [0.25, 0.3) is 0 Å². The van der Waals surface area contributed by atoms with Crippen LogP contribution in [0.15, 0.2) is 18.0 Å². The highest BCUT2D eigenvalue weighted by Gasteiger charge is 2.77. The molecule has 4 aliphatic carbocycles. The minimum absolute atomic E-state index is 0.123. The zero-order valence-electron chi connectivity index (χ0n) is 24.9. The van der Waals surface area contributed by atoms with Crippen molar-refractivity contribution >= 4 is 35.3 Å². The molecule has 3 heterocycles. The molecule has 0 unspecified atom stereocenters. The van der Waals surface area contributed by atoms with Gasteiger partial charge in [-0.1, -0.05) is 25.2 Å². The molecule has 3 saturated carbocycles. The Bertz CT molecular complexity index is 1500. The summed E-state index contributed by atoms with van der Waals surface area (Å²) < 4.78 is 31.7.